The second kappa shape index (κ2) is 9.22. The van der Waals surface area contributed by atoms with E-state index in [0.29, 0.717) is 22.4 Å². The van der Waals surface area contributed by atoms with Crippen LogP contribution < -0.4 is 4.74 Å². The topological polar surface area (TPSA) is 96.5 Å². The van der Waals surface area contributed by atoms with E-state index in [1.54, 1.807) is 0 Å². The molecule has 0 saturated heterocycles. The second-order valence-electron chi connectivity index (χ2n) is 7.86. The molecule has 0 aliphatic carbocycles. The molecule has 8 nitrogen and oxygen atoms in total. The van der Waals surface area contributed by atoms with Gasteiger partial charge in [0.2, 0.25) is 5.13 Å². The molecule has 166 valence electrons. The standard InChI is InChI=1S/C21H26ClN5O3S/c1-12(2)30-19-5-4-14(8-17(19)22)20-23-24-21(31-20)27-13(3)16-9-26(15(10-28)11-29)7-6-18(16)25-27/h4-5,8,12,15,28-29H,6-7,9-11H2,1-3H3. The number of halogens is 1. The van der Waals surface area contributed by atoms with Crippen molar-refractivity contribution in [2.45, 2.75) is 45.9 Å². The Morgan fingerprint density at radius 2 is 2.00 bits per heavy atom. The largest absolute Gasteiger partial charge is 0.489 e. The number of aliphatic hydroxyl groups excluding tert-OH is 2. The van der Waals surface area contributed by atoms with Crippen LogP contribution in [0, 0.1) is 6.92 Å². The highest BCUT2D eigenvalue weighted by Crippen LogP contribution is 2.34. The van der Waals surface area contributed by atoms with Crippen molar-refractivity contribution in [2.75, 3.05) is 19.8 Å². The Hall–Kier alpha value is -2.04. The first-order chi connectivity index (χ1) is 14.9. The number of aliphatic hydroxyl groups is 2. The second-order valence-corrected chi connectivity index (χ2v) is 9.23. The maximum atomic E-state index is 9.51. The van der Waals surface area contributed by atoms with Gasteiger partial charge in [-0.1, -0.05) is 22.9 Å². The van der Waals surface area contributed by atoms with Gasteiger partial charge in [-0.15, -0.1) is 10.2 Å². The first kappa shape index (κ1) is 22.2. The monoisotopic (exact) mass is 463 g/mol. The molecule has 31 heavy (non-hydrogen) atoms. The zero-order valence-corrected chi connectivity index (χ0v) is 19.3. The van der Waals surface area contributed by atoms with Crippen LogP contribution in [0.25, 0.3) is 15.7 Å². The van der Waals surface area contributed by atoms with Gasteiger partial charge < -0.3 is 14.9 Å². The number of aromatic nitrogens is 4. The fourth-order valence-corrected chi connectivity index (χ4v) is 4.79. The van der Waals surface area contributed by atoms with Crippen LogP contribution in [0.3, 0.4) is 0 Å². The average Bonchev–Trinajstić information content (AvgIpc) is 3.35. The Labute approximate surface area is 190 Å². The number of nitrogens with zero attached hydrogens (tertiary/aromatic N) is 5. The average molecular weight is 464 g/mol. The van der Waals surface area contributed by atoms with Gasteiger partial charge in [-0.2, -0.15) is 5.10 Å². The van der Waals surface area contributed by atoms with E-state index in [1.807, 2.05) is 43.7 Å². The Balaban J connectivity index is 1.59. The predicted molar refractivity (Wildman–Crippen MR) is 120 cm³/mol. The molecule has 0 unspecified atom stereocenters. The molecular weight excluding hydrogens is 438 g/mol. The molecule has 10 heteroatoms. The van der Waals surface area contributed by atoms with Crippen molar-refractivity contribution in [3.63, 3.8) is 0 Å². The molecule has 3 aromatic rings. The molecule has 0 atom stereocenters. The van der Waals surface area contributed by atoms with Crippen molar-refractivity contribution in [1.82, 2.24) is 24.9 Å². The van der Waals surface area contributed by atoms with Crippen LogP contribution in [-0.4, -0.2) is 67.0 Å². The van der Waals surface area contributed by atoms with Crippen molar-refractivity contribution in [2.24, 2.45) is 0 Å². The van der Waals surface area contributed by atoms with Crippen LogP contribution in [0.4, 0.5) is 0 Å². The van der Waals surface area contributed by atoms with Crippen LogP contribution in [-0.2, 0) is 13.0 Å². The van der Waals surface area contributed by atoms with E-state index in [-0.39, 0.29) is 25.4 Å². The third-order valence-electron chi connectivity index (χ3n) is 5.40. The number of ether oxygens (including phenoxy) is 1. The highest BCUT2D eigenvalue weighted by Gasteiger charge is 2.28. The summed E-state index contributed by atoms with van der Waals surface area (Å²) >= 11 is 7.82. The summed E-state index contributed by atoms with van der Waals surface area (Å²) < 4.78 is 7.53. The third-order valence-corrected chi connectivity index (χ3v) is 6.64. The third kappa shape index (κ3) is 4.47. The van der Waals surface area contributed by atoms with Crippen molar-refractivity contribution in [3.05, 3.63) is 40.2 Å². The predicted octanol–water partition coefficient (Wildman–Crippen LogP) is 2.85. The zero-order valence-electron chi connectivity index (χ0n) is 17.7. The summed E-state index contributed by atoms with van der Waals surface area (Å²) in [7, 11) is 0. The van der Waals surface area contributed by atoms with Gasteiger partial charge in [-0.3, -0.25) is 4.90 Å². The van der Waals surface area contributed by atoms with Crippen LogP contribution in [0.1, 0.15) is 30.8 Å². The van der Waals surface area contributed by atoms with Gasteiger partial charge in [0.05, 0.1) is 36.1 Å². The van der Waals surface area contributed by atoms with E-state index in [4.69, 9.17) is 21.4 Å². The lowest BCUT2D eigenvalue weighted by atomic mass is 10.0. The number of hydrogen-bond donors (Lipinski definition) is 2. The normalized spacial score (nSPS) is 14.5. The molecule has 2 N–H and O–H groups in total. The first-order valence-electron chi connectivity index (χ1n) is 10.2. The molecule has 0 spiro atoms. The Bertz CT molecular complexity index is 1060. The summed E-state index contributed by atoms with van der Waals surface area (Å²) in [5, 5.41) is 34.5. The van der Waals surface area contributed by atoms with E-state index < -0.39 is 0 Å². The van der Waals surface area contributed by atoms with Gasteiger partial charge in [-0.25, -0.2) is 4.68 Å². The Morgan fingerprint density at radius 3 is 2.68 bits per heavy atom. The maximum absolute atomic E-state index is 9.51. The molecule has 4 rings (SSSR count). The number of hydrogen-bond acceptors (Lipinski definition) is 8. The molecule has 1 aromatic carbocycles. The maximum Gasteiger partial charge on any atom is 0.233 e. The summed E-state index contributed by atoms with van der Waals surface area (Å²) in [6.45, 7) is 7.19. The van der Waals surface area contributed by atoms with Gasteiger partial charge in [0.25, 0.3) is 0 Å². The van der Waals surface area contributed by atoms with Crippen LogP contribution in [0.5, 0.6) is 5.75 Å². The minimum Gasteiger partial charge on any atom is -0.489 e. The molecule has 3 heterocycles. The Morgan fingerprint density at radius 1 is 1.23 bits per heavy atom. The van der Waals surface area contributed by atoms with Crippen molar-refractivity contribution >= 4 is 22.9 Å². The summed E-state index contributed by atoms with van der Waals surface area (Å²) in [6.07, 6.45) is 0.810. The van der Waals surface area contributed by atoms with Gasteiger partial charge >= 0.3 is 0 Å². The number of fused-ring (bicyclic) bond motifs is 1. The minimum absolute atomic E-state index is 0.0475. The lowest BCUT2D eigenvalue weighted by molar-refractivity contribution is 0.0648. The number of rotatable bonds is 7. The molecule has 2 aromatic heterocycles. The van der Waals surface area contributed by atoms with Gasteiger partial charge in [0.15, 0.2) is 0 Å². The molecule has 1 aliphatic rings. The Kier molecular flexibility index (Phi) is 6.59. The molecule has 0 fully saturated rings. The summed E-state index contributed by atoms with van der Waals surface area (Å²) in [5.74, 6) is 0.648. The van der Waals surface area contributed by atoms with Gasteiger partial charge in [-0.05, 0) is 39.0 Å². The van der Waals surface area contributed by atoms with Crippen molar-refractivity contribution in [1.29, 1.82) is 0 Å². The minimum atomic E-state index is -0.253. The summed E-state index contributed by atoms with van der Waals surface area (Å²) in [6, 6.07) is 5.36. The molecule has 1 aliphatic heterocycles. The fourth-order valence-electron chi connectivity index (χ4n) is 3.72. The first-order valence-corrected chi connectivity index (χ1v) is 11.4. The van der Waals surface area contributed by atoms with E-state index in [1.165, 1.54) is 11.3 Å². The van der Waals surface area contributed by atoms with Crippen LogP contribution in [0.15, 0.2) is 18.2 Å². The quantitative estimate of drug-likeness (QED) is 0.556. The molecule has 0 amide bonds. The smallest absolute Gasteiger partial charge is 0.233 e. The summed E-state index contributed by atoms with van der Waals surface area (Å²) in [5.41, 5.74) is 4.02. The van der Waals surface area contributed by atoms with Crippen LogP contribution in [0.2, 0.25) is 5.02 Å². The van der Waals surface area contributed by atoms with Crippen molar-refractivity contribution in [3.8, 4) is 21.5 Å². The van der Waals surface area contributed by atoms with E-state index >= 15 is 0 Å². The SMILES string of the molecule is Cc1c2c(nn1-c1nnc(-c3ccc(OC(C)C)c(Cl)c3)s1)CCN(C(CO)CO)C2. The molecular formula is C21H26ClN5O3S. The van der Waals surface area contributed by atoms with E-state index in [9.17, 15) is 10.2 Å². The highest BCUT2D eigenvalue weighted by atomic mass is 35.5. The highest BCUT2D eigenvalue weighted by molar-refractivity contribution is 7.17. The van der Waals surface area contributed by atoms with Crippen LogP contribution >= 0.6 is 22.9 Å². The number of benzene rings is 1. The van der Waals surface area contributed by atoms with Gasteiger partial charge in [0, 0.05) is 36.3 Å². The lowest BCUT2D eigenvalue weighted by Gasteiger charge is -2.32. The molecule has 0 saturated carbocycles. The van der Waals surface area contributed by atoms with Crippen molar-refractivity contribution < 1.29 is 14.9 Å². The molecule has 0 radical (unpaired) electrons. The van der Waals surface area contributed by atoms with E-state index in [2.05, 4.69) is 15.1 Å². The van der Waals surface area contributed by atoms with Gasteiger partial charge in [0.1, 0.15) is 10.8 Å². The zero-order chi connectivity index (χ0) is 22.1. The fraction of sp³-hybridized carbons (Fsp3) is 0.476. The molecule has 0 bridgehead atoms. The lowest BCUT2D eigenvalue weighted by Crippen LogP contribution is -2.43. The van der Waals surface area contributed by atoms with E-state index in [0.717, 1.165) is 40.5 Å². The summed E-state index contributed by atoms with van der Waals surface area (Å²) in [4.78, 5) is 2.09.